The van der Waals surface area contributed by atoms with E-state index >= 15 is 0 Å². The van der Waals surface area contributed by atoms with E-state index in [1.165, 1.54) is 0 Å². The number of nitrogens with zero attached hydrogens (tertiary/aromatic N) is 3. The van der Waals surface area contributed by atoms with Crippen LogP contribution in [0, 0.1) is 6.92 Å². The summed E-state index contributed by atoms with van der Waals surface area (Å²) < 4.78 is 8.18. The molecule has 0 aliphatic carbocycles. The van der Waals surface area contributed by atoms with Crippen molar-refractivity contribution in [1.29, 1.82) is 0 Å². The Balaban J connectivity index is 1.46. The number of β-amino-alcohol motifs (C(OH)–C–C–N with tert-alkyl or cyclic N) is 1. The van der Waals surface area contributed by atoms with Gasteiger partial charge in [0.15, 0.2) is 5.76 Å². The van der Waals surface area contributed by atoms with Crippen LogP contribution in [0.15, 0.2) is 42.3 Å². The summed E-state index contributed by atoms with van der Waals surface area (Å²) in [4.78, 5) is 17.8. The van der Waals surface area contributed by atoms with E-state index in [0.29, 0.717) is 35.5 Å². The summed E-state index contributed by atoms with van der Waals surface area (Å²) in [5.41, 5.74) is 3.91. The van der Waals surface area contributed by atoms with Gasteiger partial charge in [-0.1, -0.05) is 18.2 Å². The molecule has 2 N–H and O–H groups in total. The highest BCUT2D eigenvalue weighted by atomic mass is 16.5. The van der Waals surface area contributed by atoms with Crippen molar-refractivity contribution >= 4 is 22.8 Å². The fraction of sp³-hybridized carbons (Fsp3) is 0.346. The molecule has 0 bridgehead atoms. The molecule has 0 unspecified atom stereocenters. The molecule has 3 aromatic rings. The third-order valence-electron chi connectivity index (χ3n) is 6.70. The van der Waals surface area contributed by atoms with Crippen molar-refractivity contribution in [1.82, 2.24) is 14.4 Å². The Bertz CT molecular complexity index is 1250. The van der Waals surface area contributed by atoms with Gasteiger partial charge in [-0.2, -0.15) is 0 Å². The lowest BCUT2D eigenvalue weighted by atomic mass is 9.99. The molecule has 2 aromatic carbocycles. The van der Waals surface area contributed by atoms with Crippen molar-refractivity contribution in [2.24, 2.45) is 7.05 Å². The van der Waals surface area contributed by atoms with E-state index < -0.39 is 0 Å². The number of aromatic nitrogens is 1. The lowest BCUT2D eigenvalue weighted by Gasteiger charge is -2.34. The summed E-state index contributed by atoms with van der Waals surface area (Å²) in [6.45, 7) is 6.56. The molecule has 7 nitrogen and oxygen atoms in total. The molecule has 2 aliphatic heterocycles. The van der Waals surface area contributed by atoms with Crippen LogP contribution in [0.2, 0.25) is 0 Å². The number of carbonyl (C=O) groups excluding carboxylic acids is 1. The van der Waals surface area contributed by atoms with E-state index in [9.17, 15) is 9.90 Å². The van der Waals surface area contributed by atoms with Crippen LogP contribution in [-0.2, 0) is 13.6 Å². The highest BCUT2D eigenvalue weighted by Crippen LogP contribution is 2.42. The first-order valence-corrected chi connectivity index (χ1v) is 11.4. The van der Waals surface area contributed by atoms with E-state index in [4.69, 9.17) is 9.84 Å². The van der Waals surface area contributed by atoms with Gasteiger partial charge >= 0.3 is 0 Å². The number of phenolic OH excluding ortho intramolecular Hbond substituents is 1. The molecule has 1 fully saturated rings. The Morgan fingerprint density at radius 2 is 1.85 bits per heavy atom. The van der Waals surface area contributed by atoms with E-state index in [1.54, 1.807) is 12.1 Å². The number of aryl methyl sites for hydroxylation is 2. The Morgan fingerprint density at radius 3 is 2.61 bits per heavy atom. The maximum atomic E-state index is 13.3. The van der Waals surface area contributed by atoms with Crippen molar-refractivity contribution in [3.05, 3.63) is 64.5 Å². The molecular formula is C26H29N3O4. The number of rotatable bonds is 5. The zero-order valence-electron chi connectivity index (χ0n) is 19.0. The molecule has 0 spiro atoms. The number of Topliss-reactive ketones (excluding diaryl/α,β-unsaturated/α-hetero) is 1. The Labute approximate surface area is 193 Å². The number of ether oxygens (including phenoxy) is 1. The minimum absolute atomic E-state index is 0.149. The van der Waals surface area contributed by atoms with E-state index in [-0.39, 0.29) is 23.9 Å². The minimum Gasteiger partial charge on any atom is -0.507 e. The molecule has 0 radical (unpaired) electrons. The lowest BCUT2D eigenvalue weighted by molar-refractivity contribution is 0.101. The first kappa shape index (κ1) is 21.7. The molecule has 172 valence electrons. The van der Waals surface area contributed by atoms with E-state index in [1.807, 2.05) is 49.0 Å². The average Bonchev–Trinajstić information content (AvgIpc) is 3.30. The molecule has 7 heteroatoms. The number of ketones is 1. The third kappa shape index (κ3) is 3.93. The van der Waals surface area contributed by atoms with Crippen molar-refractivity contribution in [3.8, 4) is 11.5 Å². The van der Waals surface area contributed by atoms with Gasteiger partial charge in [0.25, 0.3) is 0 Å². The number of allylic oxidation sites excluding steroid dienone is 1. The molecule has 0 atom stereocenters. The summed E-state index contributed by atoms with van der Waals surface area (Å²) in [5.74, 6) is 0.763. The van der Waals surface area contributed by atoms with Gasteiger partial charge in [0.05, 0.1) is 17.7 Å². The van der Waals surface area contributed by atoms with Gasteiger partial charge < -0.3 is 19.5 Å². The standard InChI is InChI=1S/C26H29N3O4/c1-17-13-22(31)20(16-29-9-7-28(8-10-29)11-12-30)26-24(17)25(32)23(33-26)14-18-15-27(2)21-6-4-3-5-19(18)21/h3-6,13-15,30-31H,7-12,16H2,1-2H3/b23-14-. The highest BCUT2D eigenvalue weighted by molar-refractivity contribution is 6.16. The van der Waals surface area contributed by atoms with Crippen LogP contribution in [0.5, 0.6) is 11.5 Å². The van der Waals surface area contributed by atoms with Crippen LogP contribution in [0.4, 0.5) is 0 Å². The third-order valence-corrected chi connectivity index (χ3v) is 6.70. The van der Waals surface area contributed by atoms with Crippen LogP contribution in [0.25, 0.3) is 17.0 Å². The highest BCUT2D eigenvalue weighted by Gasteiger charge is 2.34. The van der Waals surface area contributed by atoms with Gasteiger partial charge in [0.2, 0.25) is 5.78 Å². The van der Waals surface area contributed by atoms with Gasteiger partial charge in [-0.05, 0) is 30.7 Å². The molecule has 0 amide bonds. The molecule has 5 rings (SSSR count). The van der Waals surface area contributed by atoms with Gasteiger partial charge in [0.1, 0.15) is 11.5 Å². The number of aromatic hydroxyl groups is 1. The Hall–Kier alpha value is -3.13. The maximum Gasteiger partial charge on any atom is 0.232 e. The minimum atomic E-state index is -0.149. The van der Waals surface area contributed by atoms with Crippen molar-refractivity contribution < 1.29 is 19.7 Å². The first-order chi connectivity index (χ1) is 16.0. The molecule has 0 saturated carbocycles. The van der Waals surface area contributed by atoms with Crippen LogP contribution < -0.4 is 4.74 Å². The normalized spacial score (nSPS) is 18.3. The van der Waals surface area contributed by atoms with Gasteiger partial charge in [-0.25, -0.2) is 0 Å². The summed E-state index contributed by atoms with van der Waals surface area (Å²) >= 11 is 0. The van der Waals surface area contributed by atoms with Gasteiger partial charge in [-0.15, -0.1) is 0 Å². The number of aliphatic hydroxyl groups excluding tert-OH is 1. The van der Waals surface area contributed by atoms with Crippen molar-refractivity contribution in [2.75, 3.05) is 39.3 Å². The fourth-order valence-corrected chi connectivity index (χ4v) is 4.90. The number of hydrogen-bond acceptors (Lipinski definition) is 6. The Kier molecular flexibility index (Phi) is 5.70. The smallest absolute Gasteiger partial charge is 0.232 e. The summed E-state index contributed by atoms with van der Waals surface area (Å²) in [6.07, 6.45) is 3.80. The predicted octanol–water partition coefficient (Wildman–Crippen LogP) is 2.92. The summed E-state index contributed by atoms with van der Waals surface area (Å²) in [5, 5.41) is 21.0. The number of hydrogen-bond donors (Lipinski definition) is 2. The van der Waals surface area contributed by atoms with Crippen LogP contribution in [0.3, 0.4) is 0 Å². The molecule has 33 heavy (non-hydrogen) atoms. The Morgan fingerprint density at radius 1 is 1.12 bits per heavy atom. The second-order valence-corrected chi connectivity index (χ2v) is 8.89. The monoisotopic (exact) mass is 447 g/mol. The quantitative estimate of drug-likeness (QED) is 0.586. The maximum absolute atomic E-state index is 13.3. The molecule has 1 saturated heterocycles. The molecule has 2 aliphatic rings. The van der Waals surface area contributed by atoms with Crippen molar-refractivity contribution in [3.63, 3.8) is 0 Å². The number of benzene rings is 2. The topological polar surface area (TPSA) is 78.2 Å². The van der Waals surface area contributed by atoms with Gasteiger partial charge in [0, 0.05) is 69.0 Å². The second-order valence-electron chi connectivity index (χ2n) is 8.89. The van der Waals surface area contributed by atoms with E-state index in [2.05, 4.69) is 9.80 Å². The number of fused-ring (bicyclic) bond motifs is 2. The predicted molar refractivity (Wildman–Crippen MR) is 128 cm³/mol. The van der Waals surface area contributed by atoms with E-state index in [0.717, 1.165) is 42.6 Å². The zero-order valence-corrected chi connectivity index (χ0v) is 19.0. The second kappa shape index (κ2) is 8.67. The number of carbonyl (C=O) groups is 1. The largest absolute Gasteiger partial charge is 0.507 e. The van der Waals surface area contributed by atoms with Crippen LogP contribution in [0.1, 0.15) is 27.0 Å². The summed E-state index contributed by atoms with van der Waals surface area (Å²) in [7, 11) is 1.98. The zero-order chi connectivity index (χ0) is 23.1. The SMILES string of the molecule is Cc1cc(O)c(CN2CCN(CCO)CC2)c2c1C(=O)/C(=C/c1cn(C)c3ccccc13)O2. The van der Waals surface area contributed by atoms with Gasteiger partial charge in [-0.3, -0.25) is 14.6 Å². The summed E-state index contributed by atoms with van der Waals surface area (Å²) in [6, 6.07) is 9.72. The number of aliphatic hydroxyl groups is 1. The molecule has 1 aromatic heterocycles. The van der Waals surface area contributed by atoms with Crippen LogP contribution in [-0.4, -0.2) is 69.7 Å². The first-order valence-electron chi connectivity index (χ1n) is 11.4. The van der Waals surface area contributed by atoms with Crippen LogP contribution >= 0.6 is 0 Å². The molecule has 3 heterocycles. The van der Waals surface area contributed by atoms with Crippen molar-refractivity contribution in [2.45, 2.75) is 13.5 Å². The number of para-hydroxylation sites is 1. The molecular weight excluding hydrogens is 418 g/mol. The number of phenols is 1. The lowest BCUT2D eigenvalue weighted by Crippen LogP contribution is -2.46. The number of piperazine rings is 1. The average molecular weight is 448 g/mol. The fourth-order valence-electron chi connectivity index (χ4n) is 4.90.